The molecule has 0 aliphatic rings. The summed E-state index contributed by atoms with van der Waals surface area (Å²) < 4.78 is 48.9. The van der Waals surface area contributed by atoms with Crippen molar-refractivity contribution in [2.24, 2.45) is 0 Å². The third-order valence-electron chi connectivity index (χ3n) is 1.48. The van der Waals surface area contributed by atoms with Crippen molar-refractivity contribution >= 4 is 29.1 Å². The zero-order chi connectivity index (χ0) is 11.6. The number of nitrogen functional groups attached to an aromatic ring is 1. The van der Waals surface area contributed by atoms with Gasteiger partial charge in [0.25, 0.3) is 0 Å². The molecule has 1 aromatic carbocycles. The van der Waals surface area contributed by atoms with Crippen LogP contribution < -0.4 is 5.73 Å². The molecule has 84 valence electrons. The summed E-state index contributed by atoms with van der Waals surface area (Å²) in [6, 6.07) is 3.62. The summed E-state index contributed by atoms with van der Waals surface area (Å²) in [5.74, 6) is 0. The number of benzene rings is 1. The maximum atomic E-state index is 12.6. The highest BCUT2D eigenvalue weighted by Crippen LogP contribution is 2.41. The molecule has 0 amide bonds. The van der Waals surface area contributed by atoms with Gasteiger partial charge in [-0.3, -0.25) is 0 Å². The van der Waals surface area contributed by atoms with Gasteiger partial charge in [-0.2, -0.15) is 8.78 Å². The molecule has 1 rings (SSSR count). The predicted octanol–water partition coefficient (Wildman–Crippen LogP) is 3.87. The van der Waals surface area contributed by atoms with E-state index in [1.807, 2.05) is 0 Å². The fourth-order valence-electron chi connectivity index (χ4n) is 0.773. The van der Waals surface area contributed by atoms with Crippen molar-refractivity contribution in [2.45, 2.75) is 16.6 Å². The molecule has 7 heteroatoms. The number of rotatable bonds is 3. The highest BCUT2D eigenvalue weighted by atomic mass is 35.5. The van der Waals surface area contributed by atoms with E-state index in [0.717, 1.165) is 6.07 Å². The Morgan fingerprint density at radius 1 is 1.33 bits per heavy atom. The summed E-state index contributed by atoms with van der Waals surface area (Å²) >= 11 is 5.31. The molecule has 0 bridgehead atoms. The Kier molecular flexibility index (Phi) is 3.72. The highest BCUT2D eigenvalue weighted by molar-refractivity contribution is 8.00. The SMILES string of the molecule is Nc1ccc(SC(F)(F)C(F)F)cc1Cl. The van der Waals surface area contributed by atoms with Crippen LogP contribution in [0.3, 0.4) is 0 Å². The molecule has 0 aliphatic heterocycles. The maximum Gasteiger partial charge on any atom is 0.357 e. The van der Waals surface area contributed by atoms with Crippen molar-refractivity contribution < 1.29 is 17.6 Å². The lowest BCUT2D eigenvalue weighted by Crippen LogP contribution is -2.21. The summed E-state index contributed by atoms with van der Waals surface area (Å²) in [6.45, 7) is 0. The lowest BCUT2D eigenvalue weighted by atomic mass is 10.3. The molecule has 0 atom stereocenters. The van der Waals surface area contributed by atoms with E-state index in [4.69, 9.17) is 17.3 Å². The molecule has 15 heavy (non-hydrogen) atoms. The minimum Gasteiger partial charge on any atom is -0.398 e. The molecule has 0 unspecified atom stereocenters. The van der Waals surface area contributed by atoms with Gasteiger partial charge < -0.3 is 5.73 Å². The molecule has 2 N–H and O–H groups in total. The zero-order valence-corrected chi connectivity index (χ0v) is 8.76. The molecule has 0 fully saturated rings. The van der Waals surface area contributed by atoms with E-state index in [1.165, 1.54) is 12.1 Å². The minimum absolute atomic E-state index is 0.0560. The Morgan fingerprint density at radius 3 is 2.40 bits per heavy atom. The lowest BCUT2D eigenvalue weighted by molar-refractivity contribution is -0.0563. The van der Waals surface area contributed by atoms with Crippen LogP contribution in [0, 0.1) is 0 Å². The predicted molar refractivity (Wildman–Crippen MR) is 52.7 cm³/mol. The van der Waals surface area contributed by atoms with E-state index in [2.05, 4.69) is 0 Å². The molecule has 0 spiro atoms. The number of hydrogen-bond donors (Lipinski definition) is 1. The van der Waals surface area contributed by atoms with Crippen molar-refractivity contribution in [1.82, 2.24) is 0 Å². The second-order valence-corrected chi connectivity index (χ2v) is 4.27. The number of alkyl halides is 4. The molecular formula is C8H6ClF4NS. The van der Waals surface area contributed by atoms with Gasteiger partial charge in [0.05, 0.1) is 10.7 Å². The van der Waals surface area contributed by atoms with Crippen LogP contribution >= 0.6 is 23.4 Å². The Hall–Kier alpha value is -0.620. The zero-order valence-electron chi connectivity index (χ0n) is 7.18. The van der Waals surface area contributed by atoms with Crippen LogP contribution in [0.2, 0.25) is 5.02 Å². The Bertz CT molecular complexity index is 358. The first-order valence-corrected chi connectivity index (χ1v) is 4.92. The van der Waals surface area contributed by atoms with E-state index in [-0.39, 0.29) is 27.4 Å². The Labute approximate surface area is 92.6 Å². The summed E-state index contributed by atoms with van der Waals surface area (Å²) in [5, 5.41) is -4.07. The van der Waals surface area contributed by atoms with Gasteiger partial charge in [0.1, 0.15) is 0 Å². The molecule has 0 radical (unpaired) electrons. The first-order valence-electron chi connectivity index (χ1n) is 3.73. The van der Waals surface area contributed by atoms with Crippen LogP contribution in [0.1, 0.15) is 0 Å². The molecular weight excluding hydrogens is 254 g/mol. The fourth-order valence-corrected chi connectivity index (χ4v) is 1.73. The van der Waals surface area contributed by atoms with E-state index in [9.17, 15) is 17.6 Å². The van der Waals surface area contributed by atoms with E-state index < -0.39 is 11.7 Å². The summed E-state index contributed by atoms with van der Waals surface area (Å²) in [6.07, 6.45) is -3.72. The summed E-state index contributed by atoms with van der Waals surface area (Å²) in [7, 11) is 0. The van der Waals surface area contributed by atoms with E-state index in [0.29, 0.717) is 0 Å². The third-order valence-corrected chi connectivity index (χ3v) is 2.75. The molecule has 1 aromatic rings. The standard InChI is InChI=1S/C8H6ClF4NS/c9-5-3-4(1-2-6(5)14)15-8(12,13)7(10)11/h1-3,7H,14H2. The van der Waals surface area contributed by atoms with Crippen molar-refractivity contribution in [2.75, 3.05) is 5.73 Å². The quantitative estimate of drug-likeness (QED) is 0.507. The average Bonchev–Trinajstić information content (AvgIpc) is 2.10. The molecule has 1 nitrogen and oxygen atoms in total. The van der Waals surface area contributed by atoms with Gasteiger partial charge in [-0.15, -0.1) is 0 Å². The van der Waals surface area contributed by atoms with E-state index in [1.54, 1.807) is 0 Å². The van der Waals surface area contributed by atoms with Gasteiger partial charge in [-0.25, -0.2) is 8.78 Å². The van der Waals surface area contributed by atoms with Gasteiger partial charge in [-0.05, 0) is 30.0 Å². The van der Waals surface area contributed by atoms with Crippen LogP contribution in [-0.4, -0.2) is 11.7 Å². The average molecular weight is 260 g/mol. The first kappa shape index (κ1) is 12.4. The van der Waals surface area contributed by atoms with Crippen LogP contribution in [0.4, 0.5) is 23.2 Å². The Balaban J connectivity index is 2.86. The third kappa shape index (κ3) is 3.17. The number of nitrogens with two attached hydrogens (primary N) is 1. The minimum atomic E-state index is -4.13. The monoisotopic (exact) mass is 259 g/mol. The number of anilines is 1. The van der Waals surface area contributed by atoms with Crippen LogP contribution in [0.15, 0.2) is 23.1 Å². The molecule has 0 heterocycles. The maximum absolute atomic E-state index is 12.6. The molecule has 0 saturated heterocycles. The molecule has 0 aromatic heterocycles. The fraction of sp³-hybridized carbons (Fsp3) is 0.250. The van der Waals surface area contributed by atoms with Crippen molar-refractivity contribution in [3.8, 4) is 0 Å². The smallest absolute Gasteiger partial charge is 0.357 e. The number of thioether (sulfide) groups is 1. The number of halogens is 5. The second-order valence-electron chi connectivity index (χ2n) is 2.65. The van der Waals surface area contributed by atoms with Crippen LogP contribution in [-0.2, 0) is 0 Å². The van der Waals surface area contributed by atoms with Gasteiger partial charge in [0, 0.05) is 4.90 Å². The first-order chi connectivity index (χ1) is 6.83. The van der Waals surface area contributed by atoms with Crippen molar-refractivity contribution in [3.05, 3.63) is 23.2 Å². The lowest BCUT2D eigenvalue weighted by Gasteiger charge is -2.14. The van der Waals surface area contributed by atoms with Gasteiger partial charge in [0.2, 0.25) is 0 Å². The van der Waals surface area contributed by atoms with Gasteiger partial charge in [0.15, 0.2) is 0 Å². The number of hydrogen-bond acceptors (Lipinski definition) is 2. The van der Waals surface area contributed by atoms with Gasteiger partial charge >= 0.3 is 11.7 Å². The van der Waals surface area contributed by atoms with E-state index >= 15 is 0 Å². The van der Waals surface area contributed by atoms with Crippen molar-refractivity contribution in [1.29, 1.82) is 0 Å². The second kappa shape index (κ2) is 4.49. The van der Waals surface area contributed by atoms with Crippen molar-refractivity contribution in [3.63, 3.8) is 0 Å². The molecule has 0 aliphatic carbocycles. The Morgan fingerprint density at radius 2 is 1.93 bits per heavy atom. The summed E-state index contributed by atoms with van der Waals surface area (Å²) in [5.41, 5.74) is 5.55. The molecule has 0 saturated carbocycles. The highest BCUT2D eigenvalue weighted by Gasteiger charge is 2.41. The van der Waals surface area contributed by atoms with Gasteiger partial charge in [-0.1, -0.05) is 11.6 Å². The normalized spacial score (nSPS) is 12.1. The van der Waals surface area contributed by atoms with Crippen LogP contribution in [0.5, 0.6) is 0 Å². The topological polar surface area (TPSA) is 26.0 Å². The van der Waals surface area contributed by atoms with Crippen LogP contribution in [0.25, 0.3) is 0 Å². The summed E-state index contributed by atoms with van der Waals surface area (Å²) in [4.78, 5) is -0.0560. The largest absolute Gasteiger partial charge is 0.398 e.